The zero-order chi connectivity index (χ0) is 25.1. The molecular formula is C27H21N5O4. The molecule has 0 saturated carbocycles. The van der Waals surface area contributed by atoms with Gasteiger partial charge in [-0.1, -0.05) is 36.4 Å². The van der Waals surface area contributed by atoms with E-state index >= 15 is 0 Å². The number of amides is 1. The molecular weight excluding hydrogens is 458 g/mol. The number of hydrogen-bond donors (Lipinski definition) is 2. The second-order valence-electron chi connectivity index (χ2n) is 8.78. The van der Waals surface area contributed by atoms with Gasteiger partial charge in [-0.15, -0.1) is 0 Å². The lowest BCUT2D eigenvalue weighted by Gasteiger charge is -2.23. The van der Waals surface area contributed by atoms with Crippen LogP contribution in [0.5, 0.6) is 0 Å². The molecule has 3 N–H and O–H groups in total. The molecule has 0 unspecified atom stereocenters. The van der Waals surface area contributed by atoms with Crippen LogP contribution >= 0.6 is 0 Å². The first-order chi connectivity index (χ1) is 17.3. The highest BCUT2D eigenvalue weighted by Crippen LogP contribution is 2.38. The summed E-state index contributed by atoms with van der Waals surface area (Å²) in [7, 11) is 0. The van der Waals surface area contributed by atoms with Crippen LogP contribution in [0.25, 0.3) is 22.2 Å². The fourth-order valence-electron chi connectivity index (χ4n) is 4.98. The predicted octanol–water partition coefficient (Wildman–Crippen LogP) is 3.14. The van der Waals surface area contributed by atoms with E-state index in [1.165, 1.54) is 27.9 Å². The minimum Gasteiger partial charge on any atom is -0.478 e. The number of carbonyl (C=O) groups excluding carboxylic acids is 1. The number of nitrogens with two attached hydrogens (primary N) is 1. The molecule has 2 aliphatic rings. The third kappa shape index (κ3) is 3.09. The summed E-state index contributed by atoms with van der Waals surface area (Å²) in [6, 6.07) is 15.6. The Kier molecular flexibility index (Phi) is 4.68. The summed E-state index contributed by atoms with van der Waals surface area (Å²) < 4.78 is 3.09. The number of carboxylic acid groups (broad SMARTS) is 1. The molecule has 178 valence electrons. The molecule has 2 aromatic heterocycles. The van der Waals surface area contributed by atoms with Crippen LogP contribution in [-0.2, 0) is 11.2 Å². The number of carbonyl (C=O) groups is 2. The van der Waals surface area contributed by atoms with Crippen molar-refractivity contribution < 1.29 is 14.7 Å². The van der Waals surface area contributed by atoms with Crippen molar-refractivity contribution in [2.45, 2.75) is 19.8 Å². The number of rotatable bonds is 3. The molecule has 1 aliphatic heterocycles. The van der Waals surface area contributed by atoms with Gasteiger partial charge in [0.05, 0.1) is 39.6 Å². The van der Waals surface area contributed by atoms with Crippen molar-refractivity contribution in [2.75, 3.05) is 10.7 Å². The quantitative estimate of drug-likeness (QED) is 0.465. The van der Waals surface area contributed by atoms with Crippen LogP contribution < -0.4 is 16.3 Å². The molecule has 2 aromatic carbocycles. The van der Waals surface area contributed by atoms with Gasteiger partial charge in [-0.2, -0.15) is 4.68 Å². The van der Waals surface area contributed by atoms with Gasteiger partial charge in [0.2, 0.25) is 0 Å². The van der Waals surface area contributed by atoms with E-state index < -0.39 is 11.5 Å². The Morgan fingerprint density at radius 1 is 1.08 bits per heavy atom. The number of fused-ring (bicyclic) bond motifs is 1. The molecule has 1 amide bonds. The van der Waals surface area contributed by atoms with Gasteiger partial charge in [-0.25, -0.2) is 14.8 Å². The molecule has 0 radical (unpaired) electrons. The number of nitrogen functional groups attached to an aromatic ring is 1. The number of hydrogen-bond acceptors (Lipinski definition) is 5. The van der Waals surface area contributed by atoms with Crippen molar-refractivity contribution in [3.05, 3.63) is 105 Å². The van der Waals surface area contributed by atoms with Crippen molar-refractivity contribution in [1.29, 1.82) is 0 Å². The molecule has 0 atom stereocenters. The van der Waals surface area contributed by atoms with E-state index in [0.717, 1.165) is 23.2 Å². The van der Waals surface area contributed by atoms with Gasteiger partial charge in [0.15, 0.2) is 0 Å². The zero-order valence-electron chi connectivity index (χ0n) is 19.3. The standard InChI is InChI=1S/C27H21N5O4/c1-15-29-21-12-18(27(35)36)10-11-19(21)26(34)32(15)30-14-22(16-6-3-2-4-7-16)31-23(28)13-17-8-5-9-20(24(17)31)25(30)33/h2-4,6-7,9-14H,5,8,28H2,1H3,(H,35,36). The summed E-state index contributed by atoms with van der Waals surface area (Å²) in [5.74, 6) is -0.754. The lowest BCUT2D eigenvalue weighted by atomic mass is 9.96. The van der Waals surface area contributed by atoms with Crippen LogP contribution in [0.15, 0.2) is 71.7 Å². The van der Waals surface area contributed by atoms with Crippen LogP contribution in [0.2, 0.25) is 0 Å². The molecule has 4 aromatic rings. The maximum absolute atomic E-state index is 14.0. The summed E-state index contributed by atoms with van der Waals surface area (Å²) in [6.45, 7) is 1.61. The number of aryl methyl sites for hydroxylation is 2. The molecule has 36 heavy (non-hydrogen) atoms. The van der Waals surface area contributed by atoms with Gasteiger partial charge in [-0.05, 0) is 49.6 Å². The molecule has 3 heterocycles. The number of anilines is 1. The van der Waals surface area contributed by atoms with Crippen LogP contribution in [0.3, 0.4) is 0 Å². The zero-order valence-corrected chi connectivity index (χ0v) is 19.3. The first kappa shape index (κ1) is 21.6. The molecule has 0 saturated heterocycles. The minimum atomic E-state index is -1.11. The largest absolute Gasteiger partial charge is 0.478 e. The molecule has 9 heteroatoms. The topological polar surface area (TPSA) is 123 Å². The monoisotopic (exact) mass is 479 g/mol. The number of nitrogens with zero attached hydrogens (tertiary/aromatic N) is 4. The first-order valence-corrected chi connectivity index (χ1v) is 11.4. The lowest BCUT2D eigenvalue weighted by molar-refractivity contribution is -0.114. The Morgan fingerprint density at radius 3 is 2.61 bits per heavy atom. The van der Waals surface area contributed by atoms with Gasteiger partial charge >= 0.3 is 5.97 Å². The van der Waals surface area contributed by atoms with Crippen molar-refractivity contribution in [3.8, 4) is 0 Å². The number of benzene rings is 2. The molecule has 0 fully saturated rings. The smallest absolute Gasteiger partial charge is 0.335 e. The van der Waals surface area contributed by atoms with Crippen molar-refractivity contribution in [2.24, 2.45) is 0 Å². The number of carboxylic acids is 1. The van der Waals surface area contributed by atoms with Gasteiger partial charge < -0.3 is 10.8 Å². The number of aromatic carboxylic acids is 1. The van der Waals surface area contributed by atoms with Crippen molar-refractivity contribution in [3.63, 3.8) is 0 Å². The Labute approximate surface area is 205 Å². The van der Waals surface area contributed by atoms with Crippen LogP contribution in [0, 0.1) is 6.92 Å². The summed E-state index contributed by atoms with van der Waals surface area (Å²) >= 11 is 0. The highest BCUT2D eigenvalue weighted by atomic mass is 16.4. The number of aromatic nitrogens is 3. The van der Waals surface area contributed by atoms with Crippen molar-refractivity contribution in [1.82, 2.24) is 14.2 Å². The van der Waals surface area contributed by atoms with E-state index in [9.17, 15) is 19.5 Å². The van der Waals surface area contributed by atoms with Crippen LogP contribution in [0.1, 0.15) is 39.4 Å². The normalized spacial score (nSPS) is 14.8. The van der Waals surface area contributed by atoms with Gasteiger partial charge in [-0.3, -0.25) is 14.2 Å². The molecule has 0 spiro atoms. The average molecular weight is 479 g/mol. The molecule has 9 nitrogen and oxygen atoms in total. The van der Waals surface area contributed by atoms with Crippen LogP contribution in [-0.4, -0.2) is 31.2 Å². The lowest BCUT2D eigenvalue weighted by Crippen LogP contribution is -2.44. The second kappa shape index (κ2) is 7.81. The predicted molar refractivity (Wildman–Crippen MR) is 136 cm³/mol. The van der Waals surface area contributed by atoms with Gasteiger partial charge in [0, 0.05) is 5.56 Å². The Bertz CT molecular complexity index is 1730. The van der Waals surface area contributed by atoms with Gasteiger partial charge in [0.1, 0.15) is 11.6 Å². The Balaban J connectivity index is 1.65. The van der Waals surface area contributed by atoms with E-state index in [0.29, 0.717) is 23.5 Å². The van der Waals surface area contributed by atoms with Gasteiger partial charge in [0.25, 0.3) is 11.5 Å². The maximum atomic E-state index is 14.0. The fourth-order valence-corrected chi connectivity index (χ4v) is 4.98. The SMILES string of the molecule is Cc1nc2cc(C(=O)O)ccc2c(=O)n1N1C=C(c2ccccc2)n2c(N)cc3c2C(=CCC3)C1=O. The van der Waals surface area contributed by atoms with Crippen molar-refractivity contribution >= 4 is 39.9 Å². The minimum absolute atomic E-state index is 0.0263. The summed E-state index contributed by atoms with van der Waals surface area (Å²) in [6.07, 6.45) is 4.92. The third-order valence-electron chi connectivity index (χ3n) is 6.59. The van der Waals surface area contributed by atoms with E-state index in [1.54, 1.807) is 13.1 Å². The first-order valence-electron chi connectivity index (χ1n) is 11.4. The summed E-state index contributed by atoms with van der Waals surface area (Å²) in [4.78, 5) is 43.6. The van der Waals surface area contributed by atoms with E-state index in [-0.39, 0.29) is 28.2 Å². The Morgan fingerprint density at radius 2 is 1.86 bits per heavy atom. The Hall–Kier alpha value is -4.92. The molecule has 1 aliphatic carbocycles. The van der Waals surface area contributed by atoms with E-state index in [2.05, 4.69) is 4.98 Å². The van der Waals surface area contributed by atoms with E-state index in [1.807, 2.05) is 47.0 Å². The number of allylic oxidation sites excluding steroid dienone is 1. The highest BCUT2D eigenvalue weighted by molar-refractivity contribution is 6.26. The molecule has 0 bridgehead atoms. The second-order valence-corrected chi connectivity index (χ2v) is 8.78. The fraction of sp³-hybridized carbons (Fsp3) is 0.111. The summed E-state index contributed by atoms with van der Waals surface area (Å²) in [5.41, 5.74) is 9.88. The maximum Gasteiger partial charge on any atom is 0.335 e. The summed E-state index contributed by atoms with van der Waals surface area (Å²) in [5, 5.41) is 10.8. The molecule has 6 rings (SSSR count). The van der Waals surface area contributed by atoms with Crippen LogP contribution in [0.4, 0.5) is 5.82 Å². The average Bonchev–Trinajstić information content (AvgIpc) is 3.14. The third-order valence-corrected chi connectivity index (χ3v) is 6.59. The van der Waals surface area contributed by atoms with E-state index in [4.69, 9.17) is 5.73 Å². The highest BCUT2D eigenvalue weighted by Gasteiger charge is 2.34.